The second-order valence-corrected chi connectivity index (χ2v) is 3.93. The Kier molecular flexibility index (Phi) is 3.91. The molecule has 1 amide bonds. The van der Waals surface area contributed by atoms with Crippen LogP contribution >= 0.6 is 0 Å². The Balaban J connectivity index is 2.08. The molecule has 11 heteroatoms. The van der Waals surface area contributed by atoms with Gasteiger partial charge in [0.15, 0.2) is 0 Å². The summed E-state index contributed by atoms with van der Waals surface area (Å²) >= 11 is 0. The third-order valence-corrected chi connectivity index (χ3v) is 2.32. The van der Waals surface area contributed by atoms with Crippen LogP contribution in [0.4, 0.5) is 27.6 Å². The summed E-state index contributed by atoms with van der Waals surface area (Å²) in [5.41, 5.74) is -0.472. The van der Waals surface area contributed by atoms with E-state index in [9.17, 15) is 26.7 Å². The fraction of sp³-hybridized carbons (Fsp3) is 0.300. The fourth-order valence-electron chi connectivity index (χ4n) is 1.54. The standard InChI is InChI=1S/C10H8F5N5O/c11-9(12)20-7(1-2-16-20)8(21)18-6-3-17-19(4-6)5-10(13,14)15/h1-4,9H,5H2,(H,18,21). The van der Waals surface area contributed by atoms with Gasteiger partial charge in [-0.3, -0.25) is 9.48 Å². The lowest BCUT2D eigenvalue weighted by molar-refractivity contribution is -0.142. The maximum Gasteiger partial charge on any atom is 0.408 e. The van der Waals surface area contributed by atoms with Crippen LogP contribution in [0.3, 0.4) is 0 Å². The van der Waals surface area contributed by atoms with Gasteiger partial charge in [0.1, 0.15) is 12.2 Å². The number of hydrogen-bond acceptors (Lipinski definition) is 3. The molecule has 2 heterocycles. The SMILES string of the molecule is O=C(Nc1cnn(CC(F)(F)F)c1)c1ccnn1C(F)F. The molecule has 0 saturated carbocycles. The highest BCUT2D eigenvalue weighted by molar-refractivity contribution is 6.02. The average molecular weight is 309 g/mol. The van der Waals surface area contributed by atoms with Crippen LogP contribution in [-0.4, -0.2) is 31.6 Å². The van der Waals surface area contributed by atoms with Crippen molar-refractivity contribution < 1.29 is 26.7 Å². The fourth-order valence-corrected chi connectivity index (χ4v) is 1.54. The van der Waals surface area contributed by atoms with Crippen molar-refractivity contribution in [2.45, 2.75) is 19.3 Å². The Morgan fingerprint density at radius 3 is 2.67 bits per heavy atom. The van der Waals surface area contributed by atoms with Crippen LogP contribution < -0.4 is 5.32 Å². The Morgan fingerprint density at radius 1 is 1.33 bits per heavy atom. The molecule has 0 fully saturated rings. The van der Waals surface area contributed by atoms with Gasteiger partial charge >= 0.3 is 12.7 Å². The lowest BCUT2D eigenvalue weighted by atomic mass is 10.4. The Labute approximate surface area is 114 Å². The van der Waals surface area contributed by atoms with Crippen LogP contribution in [0, 0.1) is 0 Å². The van der Waals surface area contributed by atoms with E-state index in [2.05, 4.69) is 15.5 Å². The summed E-state index contributed by atoms with van der Waals surface area (Å²) in [5.74, 6) is -0.931. The lowest BCUT2D eigenvalue weighted by Crippen LogP contribution is -2.19. The van der Waals surface area contributed by atoms with Gasteiger partial charge in [-0.15, -0.1) is 0 Å². The number of amides is 1. The molecule has 2 aromatic rings. The topological polar surface area (TPSA) is 64.7 Å². The van der Waals surface area contributed by atoms with E-state index < -0.39 is 30.9 Å². The molecule has 114 valence electrons. The van der Waals surface area contributed by atoms with Crippen LogP contribution in [0.2, 0.25) is 0 Å². The first-order chi connectivity index (χ1) is 9.76. The quantitative estimate of drug-likeness (QED) is 0.881. The second kappa shape index (κ2) is 5.50. The van der Waals surface area contributed by atoms with Crippen molar-refractivity contribution in [3.63, 3.8) is 0 Å². The van der Waals surface area contributed by atoms with Gasteiger partial charge in [0.2, 0.25) is 0 Å². The van der Waals surface area contributed by atoms with Crippen molar-refractivity contribution in [2.75, 3.05) is 5.32 Å². The van der Waals surface area contributed by atoms with E-state index >= 15 is 0 Å². The zero-order valence-corrected chi connectivity index (χ0v) is 10.2. The van der Waals surface area contributed by atoms with E-state index in [0.717, 1.165) is 24.7 Å². The molecule has 0 aromatic carbocycles. The molecule has 0 aliphatic rings. The minimum Gasteiger partial charge on any atom is -0.318 e. The first-order valence-corrected chi connectivity index (χ1v) is 5.48. The predicted molar refractivity (Wildman–Crippen MR) is 59.7 cm³/mol. The summed E-state index contributed by atoms with van der Waals surface area (Å²) < 4.78 is 62.2. The summed E-state index contributed by atoms with van der Waals surface area (Å²) in [6.45, 7) is -4.33. The summed E-state index contributed by atoms with van der Waals surface area (Å²) in [6, 6.07) is 1.06. The van der Waals surface area contributed by atoms with Crippen molar-refractivity contribution in [2.24, 2.45) is 0 Å². The monoisotopic (exact) mass is 309 g/mol. The molecule has 2 aromatic heterocycles. The van der Waals surface area contributed by atoms with Crippen LogP contribution in [0.1, 0.15) is 17.0 Å². The van der Waals surface area contributed by atoms with Crippen molar-refractivity contribution >= 4 is 11.6 Å². The minimum absolute atomic E-state index is 0.0498. The van der Waals surface area contributed by atoms with E-state index in [4.69, 9.17) is 0 Å². The highest BCUT2D eigenvalue weighted by Crippen LogP contribution is 2.18. The normalized spacial score (nSPS) is 11.9. The zero-order valence-electron chi connectivity index (χ0n) is 10.2. The third kappa shape index (κ3) is 3.77. The largest absolute Gasteiger partial charge is 0.408 e. The van der Waals surface area contributed by atoms with E-state index in [-0.39, 0.29) is 10.4 Å². The van der Waals surface area contributed by atoms with Gasteiger partial charge in [0.05, 0.1) is 11.9 Å². The van der Waals surface area contributed by atoms with Crippen molar-refractivity contribution in [3.05, 3.63) is 30.4 Å². The Hall–Kier alpha value is -2.46. The smallest absolute Gasteiger partial charge is 0.318 e. The van der Waals surface area contributed by atoms with Gasteiger partial charge in [0, 0.05) is 12.4 Å². The first-order valence-electron chi connectivity index (χ1n) is 5.48. The van der Waals surface area contributed by atoms with Crippen molar-refractivity contribution in [3.8, 4) is 0 Å². The number of carbonyl (C=O) groups is 1. The predicted octanol–water partition coefficient (Wildman–Crippen LogP) is 2.29. The number of rotatable bonds is 4. The molecule has 0 radical (unpaired) electrons. The van der Waals surface area contributed by atoms with Crippen molar-refractivity contribution in [1.29, 1.82) is 0 Å². The molecule has 1 N–H and O–H groups in total. The highest BCUT2D eigenvalue weighted by Gasteiger charge is 2.28. The van der Waals surface area contributed by atoms with Crippen molar-refractivity contribution in [1.82, 2.24) is 19.6 Å². The third-order valence-electron chi connectivity index (χ3n) is 2.32. The van der Waals surface area contributed by atoms with Gasteiger partial charge in [0.25, 0.3) is 5.91 Å². The number of hydrogen-bond donors (Lipinski definition) is 1. The molecular weight excluding hydrogens is 301 g/mol. The Morgan fingerprint density at radius 2 is 2.05 bits per heavy atom. The molecule has 2 rings (SSSR count). The summed E-state index contributed by atoms with van der Waals surface area (Å²) in [6.07, 6.45) is -1.53. The average Bonchev–Trinajstić information content (AvgIpc) is 2.95. The maximum atomic E-state index is 12.5. The number of carbonyl (C=O) groups excluding carboxylic acids is 1. The van der Waals surface area contributed by atoms with Gasteiger partial charge in [-0.05, 0) is 6.07 Å². The summed E-state index contributed by atoms with van der Waals surface area (Å²) in [7, 11) is 0. The summed E-state index contributed by atoms with van der Waals surface area (Å²) in [5, 5.41) is 8.84. The molecule has 0 aliphatic heterocycles. The molecule has 0 atom stereocenters. The number of nitrogens with zero attached hydrogens (tertiary/aromatic N) is 4. The highest BCUT2D eigenvalue weighted by atomic mass is 19.4. The summed E-state index contributed by atoms with van der Waals surface area (Å²) in [4.78, 5) is 11.7. The molecule has 0 saturated heterocycles. The second-order valence-electron chi connectivity index (χ2n) is 3.93. The van der Waals surface area contributed by atoms with E-state index in [1.54, 1.807) is 0 Å². The minimum atomic E-state index is -4.46. The van der Waals surface area contributed by atoms with Gasteiger partial charge in [-0.2, -0.15) is 36.8 Å². The number of alkyl halides is 5. The molecular formula is C10H8F5N5O. The van der Waals surface area contributed by atoms with Gasteiger partial charge in [-0.1, -0.05) is 0 Å². The number of nitrogens with one attached hydrogen (secondary N) is 1. The molecule has 21 heavy (non-hydrogen) atoms. The lowest BCUT2D eigenvalue weighted by Gasteiger charge is -2.06. The van der Waals surface area contributed by atoms with E-state index in [0.29, 0.717) is 4.68 Å². The van der Waals surface area contributed by atoms with Crippen LogP contribution in [-0.2, 0) is 6.54 Å². The zero-order chi connectivity index (χ0) is 15.6. The number of anilines is 1. The van der Waals surface area contributed by atoms with E-state index in [1.807, 2.05) is 0 Å². The number of halogens is 5. The van der Waals surface area contributed by atoms with Crippen LogP contribution in [0.15, 0.2) is 24.7 Å². The first kappa shape index (κ1) is 14.9. The molecule has 0 spiro atoms. The van der Waals surface area contributed by atoms with Crippen LogP contribution in [0.5, 0.6) is 0 Å². The molecule has 0 unspecified atom stereocenters. The number of aromatic nitrogens is 4. The Bertz CT molecular complexity index is 632. The van der Waals surface area contributed by atoms with Gasteiger partial charge in [-0.25, -0.2) is 0 Å². The van der Waals surface area contributed by atoms with E-state index in [1.165, 1.54) is 0 Å². The molecule has 6 nitrogen and oxygen atoms in total. The maximum absolute atomic E-state index is 12.5. The van der Waals surface area contributed by atoms with Crippen LogP contribution in [0.25, 0.3) is 0 Å². The molecule has 0 aliphatic carbocycles. The van der Waals surface area contributed by atoms with Gasteiger partial charge < -0.3 is 5.32 Å². The molecule has 0 bridgehead atoms.